The zero-order valence-corrected chi connectivity index (χ0v) is 15.1. The summed E-state index contributed by atoms with van der Waals surface area (Å²) in [6.45, 7) is 1.60. The summed E-state index contributed by atoms with van der Waals surface area (Å²) in [5.41, 5.74) is 7.60. The molecule has 0 spiro atoms. The number of anilines is 1. The Morgan fingerprint density at radius 2 is 2.04 bits per heavy atom. The molecular formula is C19H28N2O2S. The highest BCUT2D eigenvalue weighted by molar-refractivity contribution is 7.99. The number of nitrogens with one attached hydrogen (secondary N) is 1. The van der Waals surface area contributed by atoms with Gasteiger partial charge in [0.2, 0.25) is 5.91 Å². The zero-order chi connectivity index (χ0) is 16.8. The van der Waals surface area contributed by atoms with Crippen molar-refractivity contribution < 1.29 is 9.53 Å². The minimum Gasteiger partial charge on any atom is -0.381 e. The van der Waals surface area contributed by atoms with Crippen molar-refractivity contribution in [3.63, 3.8) is 0 Å². The van der Waals surface area contributed by atoms with E-state index in [1.807, 2.05) is 23.9 Å². The van der Waals surface area contributed by atoms with Gasteiger partial charge in [-0.25, -0.2) is 0 Å². The van der Waals surface area contributed by atoms with Crippen LogP contribution in [0.5, 0.6) is 0 Å². The van der Waals surface area contributed by atoms with Crippen molar-refractivity contribution in [3.05, 3.63) is 29.8 Å². The Kier molecular flexibility index (Phi) is 6.19. The Morgan fingerprint density at radius 3 is 2.75 bits per heavy atom. The van der Waals surface area contributed by atoms with E-state index in [9.17, 15) is 4.79 Å². The van der Waals surface area contributed by atoms with Gasteiger partial charge in [0.05, 0.1) is 5.41 Å². The topological polar surface area (TPSA) is 64.4 Å². The average molecular weight is 349 g/mol. The van der Waals surface area contributed by atoms with Crippen LogP contribution < -0.4 is 11.1 Å². The van der Waals surface area contributed by atoms with Gasteiger partial charge in [-0.15, -0.1) is 0 Å². The molecule has 0 aromatic heterocycles. The van der Waals surface area contributed by atoms with Gasteiger partial charge >= 0.3 is 0 Å². The third-order valence-corrected chi connectivity index (χ3v) is 6.74. The normalized spacial score (nSPS) is 20.9. The first-order valence-corrected chi connectivity index (χ1v) is 10.1. The van der Waals surface area contributed by atoms with Gasteiger partial charge < -0.3 is 15.8 Å². The van der Waals surface area contributed by atoms with Crippen LogP contribution in [0.2, 0.25) is 0 Å². The molecule has 24 heavy (non-hydrogen) atoms. The first-order chi connectivity index (χ1) is 11.7. The van der Waals surface area contributed by atoms with Gasteiger partial charge in [0.25, 0.3) is 0 Å². The van der Waals surface area contributed by atoms with Crippen molar-refractivity contribution in [1.82, 2.24) is 0 Å². The van der Waals surface area contributed by atoms with Crippen LogP contribution in [0, 0.1) is 5.41 Å². The number of thioether (sulfide) groups is 1. The van der Waals surface area contributed by atoms with Crippen LogP contribution >= 0.6 is 11.8 Å². The summed E-state index contributed by atoms with van der Waals surface area (Å²) in [7, 11) is 0. The van der Waals surface area contributed by atoms with E-state index in [0.29, 0.717) is 32.6 Å². The molecule has 0 unspecified atom stereocenters. The van der Waals surface area contributed by atoms with Crippen molar-refractivity contribution >= 4 is 23.4 Å². The van der Waals surface area contributed by atoms with E-state index in [1.165, 1.54) is 31.2 Å². The molecule has 1 aliphatic heterocycles. The van der Waals surface area contributed by atoms with E-state index < -0.39 is 5.41 Å². The van der Waals surface area contributed by atoms with Crippen molar-refractivity contribution in [2.24, 2.45) is 11.1 Å². The van der Waals surface area contributed by atoms with Crippen LogP contribution in [0.15, 0.2) is 24.3 Å². The van der Waals surface area contributed by atoms with E-state index in [2.05, 4.69) is 17.4 Å². The lowest BCUT2D eigenvalue weighted by molar-refractivity contribution is -0.130. The minimum atomic E-state index is -0.479. The van der Waals surface area contributed by atoms with E-state index in [-0.39, 0.29) is 5.91 Å². The van der Waals surface area contributed by atoms with Gasteiger partial charge in [-0.1, -0.05) is 25.0 Å². The summed E-state index contributed by atoms with van der Waals surface area (Å²) in [6.07, 6.45) is 6.85. The lowest BCUT2D eigenvalue weighted by atomic mass is 9.79. The highest BCUT2D eigenvalue weighted by Crippen LogP contribution is 2.33. The van der Waals surface area contributed by atoms with Crippen LogP contribution in [-0.4, -0.2) is 30.9 Å². The number of carbonyl (C=O) groups excluding carboxylic acids is 1. The Labute approximate surface area is 148 Å². The highest BCUT2D eigenvalue weighted by Gasteiger charge is 2.38. The van der Waals surface area contributed by atoms with Crippen LogP contribution in [0.1, 0.15) is 44.1 Å². The minimum absolute atomic E-state index is 0.0360. The molecule has 1 aliphatic carbocycles. The monoisotopic (exact) mass is 348 g/mol. The molecule has 4 nitrogen and oxygen atoms in total. The largest absolute Gasteiger partial charge is 0.381 e. The second-order valence-corrected chi connectivity index (χ2v) is 8.26. The van der Waals surface area contributed by atoms with Crippen LogP contribution in [0.25, 0.3) is 0 Å². The van der Waals surface area contributed by atoms with Gasteiger partial charge in [-0.3, -0.25) is 4.79 Å². The third-order valence-electron chi connectivity index (χ3n) is 5.30. The van der Waals surface area contributed by atoms with Gasteiger partial charge in [-0.05, 0) is 43.4 Å². The maximum absolute atomic E-state index is 12.7. The summed E-state index contributed by atoms with van der Waals surface area (Å²) in [6, 6.07) is 8.23. The molecule has 0 radical (unpaired) electrons. The second-order valence-electron chi connectivity index (χ2n) is 6.97. The van der Waals surface area contributed by atoms with E-state index in [0.717, 1.165) is 16.7 Å². The van der Waals surface area contributed by atoms with Crippen LogP contribution in [0.3, 0.4) is 0 Å². The molecular weight excluding hydrogens is 320 g/mol. The number of hydrogen-bond acceptors (Lipinski definition) is 4. The lowest BCUT2D eigenvalue weighted by Gasteiger charge is -2.34. The summed E-state index contributed by atoms with van der Waals surface area (Å²) in [5, 5.41) is 3.90. The smallest absolute Gasteiger partial charge is 0.232 e. The number of ether oxygens (including phenoxy) is 1. The molecule has 3 rings (SSSR count). The number of benzene rings is 1. The van der Waals surface area contributed by atoms with E-state index in [1.54, 1.807) is 0 Å². The van der Waals surface area contributed by atoms with Crippen molar-refractivity contribution in [1.29, 1.82) is 0 Å². The number of amides is 1. The second kappa shape index (κ2) is 8.37. The molecule has 3 N–H and O–H groups in total. The van der Waals surface area contributed by atoms with E-state index >= 15 is 0 Å². The fourth-order valence-corrected chi connectivity index (χ4v) is 4.83. The Balaban J connectivity index is 1.59. The SMILES string of the molecule is NCC1(C(=O)Nc2cccc(CSC3CCCC3)c2)CCOCC1. The molecule has 1 saturated heterocycles. The van der Waals surface area contributed by atoms with Gasteiger partial charge in [0, 0.05) is 36.4 Å². The highest BCUT2D eigenvalue weighted by atomic mass is 32.2. The van der Waals surface area contributed by atoms with Crippen molar-refractivity contribution in [3.8, 4) is 0 Å². The Morgan fingerprint density at radius 1 is 1.29 bits per heavy atom. The predicted octanol–water partition coefficient (Wildman–Crippen LogP) is 3.56. The van der Waals surface area contributed by atoms with Gasteiger partial charge in [0.1, 0.15) is 0 Å². The molecule has 1 amide bonds. The average Bonchev–Trinajstić information content (AvgIpc) is 3.14. The standard InChI is InChI=1S/C19H28N2O2S/c20-14-19(8-10-23-11-9-19)18(22)21-16-5-3-4-15(12-16)13-24-17-6-1-2-7-17/h3-5,12,17H,1-2,6-11,13-14,20H2,(H,21,22). The lowest BCUT2D eigenvalue weighted by Crippen LogP contribution is -2.46. The number of carbonyl (C=O) groups is 1. The fourth-order valence-electron chi connectivity index (χ4n) is 3.56. The fraction of sp³-hybridized carbons (Fsp3) is 0.632. The van der Waals surface area contributed by atoms with Crippen molar-refractivity contribution in [2.45, 2.75) is 49.5 Å². The maximum atomic E-state index is 12.7. The summed E-state index contributed by atoms with van der Waals surface area (Å²) in [4.78, 5) is 12.7. The molecule has 1 heterocycles. The maximum Gasteiger partial charge on any atom is 0.232 e. The quantitative estimate of drug-likeness (QED) is 0.825. The molecule has 1 aromatic carbocycles. The summed E-state index contributed by atoms with van der Waals surface area (Å²) in [5.74, 6) is 1.05. The molecule has 2 fully saturated rings. The number of rotatable bonds is 6. The molecule has 2 aliphatic rings. The van der Waals surface area contributed by atoms with Gasteiger partial charge in [-0.2, -0.15) is 11.8 Å². The van der Waals surface area contributed by atoms with Crippen LogP contribution in [-0.2, 0) is 15.3 Å². The third kappa shape index (κ3) is 4.32. The summed E-state index contributed by atoms with van der Waals surface area (Å²) >= 11 is 2.05. The first kappa shape index (κ1) is 17.8. The molecule has 0 bridgehead atoms. The summed E-state index contributed by atoms with van der Waals surface area (Å²) < 4.78 is 5.39. The van der Waals surface area contributed by atoms with Crippen molar-refractivity contribution in [2.75, 3.05) is 25.1 Å². The molecule has 1 aromatic rings. The molecule has 1 saturated carbocycles. The van der Waals surface area contributed by atoms with Crippen LogP contribution in [0.4, 0.5) is 5.69 Å². The first-order valence-electron chi connectivity index (χ1n) is 9.02. The predicted molar refractivity (Wildman–Crippen MR) is 100 cm³/mol. The molecule has 0 atom stereocenters. The zero-order valence-electron chi connectivity index (χ0n) is 14.3. The Bertz CT molecular complexity index is 552. The van der Waals surface area contributed by atoms with Gasteiger partial charge in [0.15, 0.2) is 0 Å². The molecule has 132 valence electrons. The molecule has 5 heteroatoms. The number of nitrogens with two attached hydrogens (primary N) is 1. The van der Waals surface area contributed by atoms with E-state index in [4.69, 9.17) is 10.5 Å². The Hall–Kier alpha value is -1.04. The number of hydrogen-bond donors (Lipinski definition) is 2.